The third kappa shape index (κ3) is 3.93. The number of hydrogen-bond acceptors (Lipinski definition) is 5. The van der Waals surface area contributed by atoms with Crippen LogP contribution in [0.25, 0.3) is 0 Å². The second-order valence-corrected chi connectivity index (χ2v) is 7.13. The third-order valence-electron chi connectivity index (χ3n) is 4.97. The molecule has 1 aliphatic heterocycles. The van der Waals surface area contributed by atoms with E-state index in [0.717, 1.165) is 5.56 Å². The first-order valence-corrected chi connectivity index (χ1v) is 9.72. The number of hydrazone groups is 1. The molecular formula is C24H20N4O3. The van der Waals surface area contributed by atoms with Gasteiger partial charge in [0.1, 0.15) is 5.69 Å². The summed E-state index contributed by atoms with van der Waals surface area (Å²) in [5.74, 6) is -0.291. The Morgan fingerprint density at radius 1 is 0.935 bits per heavy atom. The fourth-order valence-corrected chi connectivity index (χ4v) is 3.35. The third-order valence-corrected chi connectivity index (χ3v) is 4.97. The summed E-state index contributed by atoms with van der Waals surface area (Å²) >= 11 is 0. The average molecular weight is 412 g/mol. The summed E-state index contributed by atoms with van der Waals surface area (Å²) in [6, 6.07) is 23.2. The normalized spacial score (nSPS) is 14.6. The maximum atomic E-state index is 13.2. The van der Waals surface area contributed by atoms with Crippen LogP contribution in [0.15, 0.2) is 95.7 Å². The molecule has 1 amide bonds. The molecule has 0 bridgehead atoms. The standard InChI is InChI=1S/C24H20N4O3/c1-17-12-14-20(15-13-17)27-24(29)21(18(2)25-27)16-26(19-8-4-3-5-9-19)22-10-6-7-11-23(22)28(30)31/h3-16H,1-2H3/b21-16+. The van der Waals surface area contributed by atoms with Gasteiger partial charge in [-0.3, -0.25) is 14.9 Å². The molecule has 0 radical (unpaired) electrons. The molecule has 154 valence electrons. The summed E-state index contributed by atoms with van der Waals surface area (Å²) < 4.78 is 0. The molecule has 1 heterocycles. The zero-order chi connectivity index (χ0) is 22.0. The Balaban J connectivity index is 1.80. The summed E-state index contributed by atoms with van der Waals surface area (Å²) in [6.45, 7) is 3.72. The zero-order valence-electron chi connectivity index (χ0n) is 17.1. The Morgan fingerprint density at radius 3 is 2.26 bits per heavy atom. The van der Waals surface area contributed by atoms with E-state index in [2.05, 4.69) is 5.10 Å². The minimum Gasteiger partial charge on any atom is -0.310 e. The van der Waals surface area contributed by atoms with Gasteiger partial charge < -0.3 is 4.90 Å². The molecule has 31 heavy (non-hydrogen) atoms. The zero-order valence-corrected chi connectivity index (χ0v) is 17.1. The van der Waals surface area contributed by atoms with Crippen molar-refractivity contribution in [3.63, 3.8) is 0 Å². The van der Waals surface area contributed by atoms with Gasteiger partial charge in [-0.05, 0) is 44.2 Å². The van der Waals surface area contributed by atoms with Gasteiger partial charge in [-0.2, -0.15) is 10.1 Å². The summed E-state index contributed by atoms with van der Waals surface area (Å²) in [6.07, 6.45) is 1.62. The van der Waals surface area contributed by atoms with Crippen molar-refractivity contribution in [3.05, 3.63) is 106 Å². The van der Waals surface area contributed by atoms with Crippen LogP contribution in [-0.4, -0.2) is 16.5 Å². The lowest BCUT2D eigenvalue weighted by Crippen LogP contribution is -2.23. The second-order valence-electron chi connectivity index (χ2n) is 7.13. The van der Waals surface area contributed by atoms with Gasteiger partial charge in [-0.15, -0.1) is 0 Å². The van der Waals surface area contributed by atoms with Gasteiger partial charge in [0.05, 0.1) is 21.9 Å². The number of rotatable bonds is 5. The Kier molecular flexibility index (Phi) is 5.32. The van der Waals surface area contributed by atoms with Gasteiger partial charge in [-0.25, -0.2) is 0 Å². The molecule has 7 heteroatoms. The SMILES string of the molecule is CC1=NN(c2ccc(C)cc2)C(=O)/C1=C/N(c1ccccc1)c1ccccc1[N+](=O)[O-]. The van der Waals surface area contributed by atoms with Gasteiger partial charge in [0.2, 0.25) is 0 Å². The molecule has 0 saturated carbocycles. The number of nitro benzene ring substituents is 1. The van der Waals surface area contributed by atoms with Crippen LogP contribution in [0.2, 0.25) is 0 Å². The molecule has 3 aromatic rings. The lowest BCUT2D eigenvalue weighted by molar-refractivity contribution is -0.384. The smallest absolute Gasteiger partial charge is 0.293 e. The highest BCUT2D eigenvalue weighted by molar-refractivity contribution is 6.30. The Hall–Kier alpha value is -4.26. The molecule has 3 aromatic carbocycles. The molecule has 0 N–H and O–H groups in total. The summed E-state index contributed by atoms with van der Waals surface area (Å²) in [4.78, 5) is 26.1. The number of para-hydroxylation sites is 3. The predicted octanol–water partition coefficient (Wildman–Crippen LogP) is 5.35. The highest BCUT2D eigenvalue weighted by Crippen LogP contribution is 2.35. The van der Waals surface area contributed by atoms with Crippen LogP contribution in [0.3, 0.4) is 0 Å². The lowest BCUT2D eigenvalue weighted by atomic mass is 10.1. The van der Waals surface area contributed by atoms with E-state index in [9.17, 15) is 14.9 Å². The molecule has 0 aromatic heterocycles. The largest absolute Gasteiger partial charge is 0.310 e. The molecule has 0 spiro atoms. The van der Waals surface area contributed by atoms with Crippen LogP contribution in [0.5, 0.6) is 0 Å². The van der Waals surface area contributed by atoms with Gasteiger partial charge >= 0.3 is 0 Å². The number of benzene rings is 3. The second kappa shape index (κ2) is 8.23. The molecular weight excluding hydrogens is 392 g/mol. The van der Waals surface area contributed by atoms with Crippen molar-refractivity contribution in [3.8, 4) is 0 Å². The van der Waals surface area contributed by atoms with Crippen LogP contribution in [0.1, 0.15) is 12.5 Å². The molecule has 0 saturated heterocycles. The van der Waals surface area contributed by atoms with E-state index in [1.807, 2.05) is 61.5 Å². The molecule has 4 rings (SSSR count). The molecule has 0 atom stereocenters. The number of hydrogen-bond donors (Lipinski definition) is 0. The summed E-state index contributed by atoms with van der Waals surface area (Å²) in [5.41, 5.74) is 3.64. The van der Waals surface area contributed by atoms with Crippen molar-refractivity contribution in [2.75, 3.05) is 9.91 Å². The van der Waals surface area contributed by atoms with Crippen molar-refractivity contribution in [2.45, 2.75) is 13.8 Å². The summed E-state index contributed by atoms with van der Waals surface area (Å²) in [7, 11) is 0. The first kappa shape index (κ1) is 20.0. The minimum atomic E-state index is -0.431. The molecule has 1 aliphatic rings. The molecule has 0 unspecified atom stereocenters. The molecule has 7 nitrogen and oxygen atoms in total. The fourth-order valence-electron chi connectivity index (χ4n) is 3.35. The molecule has 0 fully saturated rings. The first-order valence-electron chi connectivity index (χ1n) is 9.72. The topological polar surface area (TPSA) is 79.0 Å². The van der Waals surface area contributed by atoms with E-state index in [0.29, 0.717) is 28.3 Å². The maximum Gasteiger partial charge on any atom is 0.293 e. The predicted molar refractivity (Wildman–Crippen MR) is 122 cm³/mol. The quantitative estimate of drug-likeness (QED) is 0.322. The van der Waals surface area contributed by atoms with Crippen molar-refractivity contribution < 1.29 is 9.72 Å². The average Bonchev–Trinajstić information content (AvgIpc) is 3.06. The van der Waals surface area contributed by atoms with Gasteiger partial charge in [0.15, 0.2) is 0 Å². The van der Waals surface area contributed by atoms with Crippen LogP contribution >= 0.6 is 0 Å². The van der Waals surface area contributed by atoms with E-state index < -0.39 is 4.92 Å². The van der Waals surface area contributed by atoms with Crippen LogP contribution in [0, 0.1) is 17.0 Å². The Labute approximate surface area is 179 Å². The Morgan fingerprint density at radius 2 is 1.58 bits per heavy atom. The maximum absolute atomic E-state index is 13.2. The van der Waals surface area contributed by atoms with E-state index >= 15 is 0 Å². The van der Waals surface area contributed by atoms with Gasteiger partial charge in [0, 0.05) is 18.0 Å². The number of nitrogens with zero attached hydrogens (tertiary/aromatic N) is 4. The van der Waals surface area contributed by atoms with Crippen LogP contribution < -0.4 is 9.91 Å². The van der Waals surface area contributed by atoms with Crippen molar-refractivity contribution >= 4 is 34.4 Å². The van der Waals surface area contributed by atoms with E-state index in [-0.39, 0.29) is 11.6 Å². The number of carbonyl (C=O) groups excluding carboxylic acids is 1. The highest BCUT2D eigenvalue weighted by atomic mass is 16.6. The van der Waals surface area contributed by atoms with Crippen molar-refractivity contribution in [2.24, 2.45) is 5.10 Å². The fraction of sp³-hybridized carbons (Fsp3) is 0.0833. The van der Waals surface area contributed by atoms with Crippen molar-refractivity contribution in [1.29, 1.82) is 0 Å². The number of carbonyl (C=O) groups is 1. The summed E-state index contributed by atoms with van der Waals surface area (Å²) in [5, 5.41) is 17.4. The Bertz CT molecular complexity index is 1200. The monoisotopic (exact) mass is 412 g/mol. The van der Waals surface area contributed by atoms with Gasteiger partial charge in [-0.1, -0.05) is 48.0 Å². The first-order chi connectivity index (χ1) is 15.0. The number of anilines is 3. The van der Waals surface area contributed by atoms with E-state index in [1.165, 1.54) is 11.1 Å². The van der Waals surface area contributed by atoms with Gasteiger partial charge in [0.25, 0.3) is 11.6 Å². The van der Waals surface area contributed by atoms with Crippen molar-refractivity contribution in [1.82, 2.24) is 0 Å². The highest BCUT2D eigenvalue weighted by Gasteiger charge is 2.30. The van der Waals surface area contributed by atoms with Crippen LogP contribution in [0.4, 0.5) is 22.7 Å². The number of nitro groups is 1. The van der Waals surface area contributed by atoms with E-state index in [4.69, 9.17) is 0 Å². The number of amides is 1. The molecule has 0 aliphatic carbocycles. The van der Waals surface area contributed by atoms with Crippen LogP contribution in [-0.2, 0) is 4.79 Å². The van der Waals surface area contributed by atoms with E-state index in [1.54, 1.807) is 36.2 Å². The minimum absolute atomic E-state index is 0.0568. The lowest BCUT2D eigenvalue weighted by Gasteiger charge is -2.21. The number of aryl methyl sites for hydroxylation is 1.